The van der Waals surface area contributed by atoms with Crippen molar-refractivity contribution in [1.29, 1.82) is 0 Å². The van der Waals surface area contributed by atoms with Crippen molar-refractivity contribution < 1.29 is 0 Å². The number of hydrogen-bond acceptors (Lipinski definition) is 4. The first-order valence-electron chi connectivity index (χ1n) is 14.6. The highest BCUT2D eigenvalue weighted by molar-refractivity contribution is 5.22. The molecule has 0 aromatic rings. The Balaban J connectivity index is 0.00000214. The van der Waals surface area contributed by atoms with Gasteiger partial charge in [0.15, 0.2) is 0 Å². The molecule has 0 aromatic carbocycles. The summed E-state index contributed by atoms with van der Waals surface area (Å²) in [6, 6.07) is 0.640. The van der Waals surface area contributed by atoms with Gasteiger partial charge in [0.1, 0.15) is 0 Å². The predicted molar refractivity (Wildman–Crippen MR) is 158 cm³/mol. The van der Waals surface area contributed by atoms with E-state index >= 15 is 0 Å². The van der Waals surface area contributed by atoms with Crippen LogP contribution in [0, 0.1) is 17.8 Å². The minimum absolute atomic E-state index is 0.626. The molecular formula is C31H60N4. The Hall–Kier alpha value is -1.19. The van der Waals surface area contributed by atoms with Crippen LogP contribution in [-0.4, -0.2) is 61.2 Å². The molecule has 1 heterocycles. The van der Waals surface area contributed by atoms with Crippen molar-refractivity contribution in [2.24, 2.45) is 22.7 Å². The molecule has 4 nitrogen and oxygen atoms in total. The van der Waals surface area contributed by atoms with Gasteiger partial charge in [0.05, 0.1) is 13.3 Å². The molecular weight excluding hydrogens is 428 g/mol. The lowest BCUT2D eigenvalue weighted by Gasteiger charge is -2.52. The molecule has 0 radical (unpaired) electrons. The molecule has 0 amide bonds. The van der Waals surface area contributed by atoms with Gasteiger partial charge in [-0.05, 0) is 75.5 Å². The lowest BCUT2D eigenvalue weighted by molar-refractivity contribution is -0.200. The Labute approximate surface area is 220 Å². The highest BCUT2D eigenvalue weighted by Gasteiger charge is 2.36. The molecule has 4 heteroatoms. The van der Waals surface area contributed by atoms with Crippen LogP contribution in [0.15, 0.2) is 35.5 Å². The number of nitrogens with zero attached hydrogens (tertiary/aromatic N) is 4. The van der Waals surface area contributed by atoms with Crippen molar-refractivity contribution in [1.82, 2.24) is 14.9 Å². The van der Waals surface area contributed by atoms with Gasteiger partial charge in [-0.2, -0.15) is 0 Å². The normalized spacial score (nSPS) is 21.8. The predicted octanol–water partition coefficient (Wildman–Crippen LogP) is 8.19. The van der Waals surface area contributed by atoms with Gasteiger partial charge in [0.25, 0.3) is 0 Å². The molecule has 1 aliphatic heterocycles. The molecule has 204 valence electrons. The van der Waals surface area contributed by atoms with Gasteiger partial charge in [-0.25, -0.2) is 10.0 Å². The quantitative estimate of drug-likeness (QED) is 0.140. The molecule has 0 N–H and O–H groups in total. The minimum atomic E-state index is 0.626. The largest absolute Gasteiger partial charge is 0.304 e. The van der Waals surface area contributed by atoms with Gasteiger partial charge in [-0.1, -0.05) is 79.5 Å². The molecule has 1 aliphatic carbocycles. The third kappa shape index (κ3) is 12.1. The molecule has 35 heavy (non-hydrogen) atoms. The summed E-state index contributed by atoms with van der Waals surface area (Å²) in [6.45, 7) is 29.2. The zero-order chi connectivity index (χ0) is 26.6. The van der Waals surface area contributed by atoms with Gasteiger partial charge in [0.2, 0.25) is 0 Å². The summed E-state index contributed by atoms with van der Waals surface area (Å²) in [5, 5.41) is 5.37. The second kappa shape index (κ2) is 20.9. The second-order valence-corrected chi connectivity index (χ2v) is 10.1. The molecule has 2 rings (SSSR count). The third-order valence-electron chi connectivity index (χ3n) is 7.68. The minimum Gasteiger partial charge on any atom is -0.304 e. The topological polar surface area (TPSA) is 22.1 Å². The fourth-order valence-electron chi connectivity index (χ4n) is 5.44. The Kier molecular flexibility index (Phi) is 20.2. The summed E-state index contributed by atoms with van der Waals surface area (Å²) < 4.78 is 0. The van der Waals surface area contributed by atoms with Gasteiger partial charge < -0.3 is 4.99 Å². The Morgan fingerprint density at radius 3 is 2.11 bits per heavy atom. The van der Waals surface area contributed by atoms with Gasteiger partial charge >= 0.3 is 0 Å². The summed E-state index contributed by atoms with van der Waals surface area (Å²) in [4.78, 5) is 5.91. The van der Waals surface area contributed by atoms with Crippen LogP contribution in [0.25, 0.3) is 0 Å². The fraction of sp³-hybridized carbons (Fsp3) is 0.806. The molecule has 1 saturated heterocycles. The maximum absolute atomic E-state index is 3.96. The van der Waals surface area contributed by atoms with E-state index < -0.39 is 0 Å². The zero-order valence-corrected chi connectivity index (χ0v) is 24.7. The first-order valence-corrected chi connectivity index (χ1v) is 14.6. The lowest BCUT2D eigenvalue weighted by Crippen LogP contribution is -2.65. The summed E-state index contributed by atoms with van der Waals surface area (Å²) in [6.07, 6.45) is 15.1. The number of allylic oxidation sites excluding steroid dienone is 2. The summed E-state index contributed by atoms with van der Waals surface area (Å²) in [7, 11) is 1.64. The van der Waals surface area contributed by atoms with Crippen LogP contribution in [0.2, 0.25) is 0 Å². The van der Waals surface area contributed by atoms with Gasteiger partial charge in [0, 0.05) is 26.2 Å². The number of rotatable bonds is 14. The van der Waals surface area contributed by atoms with Crippen molar-refractivity contribution >= 4 is 6.72 Å². The smallest absolute Gasteiger partial charge is 0.0674 e. The first kappa shape index (κ1) is 33.8. The molecule has 0 aromatic heterocycles. The molecule has 2 aliphatic rings. The third-order valence-corrected chi connectivity index (χ3v) is 7.68. The fourth-order valence-corrected chi connectivity index (χ4v) is 5.44. The monoisotopic (exact) mass is 488 g/mol. The van der Waals surface area contributed by atoms with E-state index in [1.807, 2.05) is 19.9 Å². The highest BCUT2D eigenvalue weighted by atomic mass is 15.7. The maximum atomic E-state index is 3.96. The van der Waals surface area contributed by atoms with Crippen LogP contribution in [-0.2, 0) is 0 Å². The maximum Gasteiger partial charge on any atom is 0.0674 e. The Morgan fingerprint density at radius 1 is 1.09 bits per heavy atom. The number of hydrogen-bond donors (Lipinski definition) is 0. The lowest BCUT2D eigenvalue weighted by atomic mass is 9.76. The van der Waals surface area contributed by atoms with E-state index in [9.17, 15) is 0 Å². The average Bonchev–Trinajstić information content (AvgIpc) is 2.87. The zero-order valence-electron chi connectivity index (χ0n) is 24.7. The van der Waals surface area contributed by atoms with E-state index in [0.717, 1.165) is 25.2 Å². The molecule has 2 fully saturated rings. The molecule has 0 spiro atoms. The van der Waals surface area contributed by atoms with E-state index in [1.165, 1.54) is 82.9 Å². The molecule has 2 atom stereocenters. The van der Waals surface area contributed by atoms with Gasteiger partial charge in [-0.3, -0.25) is 4.90 Å². The number of hydrazine groups is 1. The summed E-state index contributed by atoms with van der Waals surface area (Å²) >= 11 is 0. The Bertz CT molecular complexity index is 581. The van der Waals surface area contributed by atoms with Crippen LogP contribution >= 0.6 is 0 Å². The number of aliphatic imine (C=N–C) groups is 1. The standard InChI is InChI=1S/C27H49N3.C2H5N.C2H6/c1-7-12-14-24(9-3)20-28-21-29(22-28)30(19-13-8-2)23(6)26-15-17-27(18-16-26)25(10-4)11-5;1-3-2;1-2/h10,23-24,26-27H,4-5,7-9,12-22H2,1-3,6H3;1H2,2H3;1-2H3. The van der Waals surface area contributed by atoms with Crippen molar-refractivity contribution in [2.75, 3.05) is 33.5 Å². The highest BCUT2D eigenvalue weighted by Crippen LogP contribution is 2.37. The van der Waals surface area contributed by atoms with E-state index in [1.54, 1.807) is 7.05 Å². The van der Waals surface area contributed by atoms with Crippen molar-refractivity contribution in [3.8, 4) is 0 Å². The summed E-state index contributed by atoms with van der Waals surface area (Å²) in [5.41, 5.74) is 4.35. The van der Waals surface area contributed by atoms with Crippen LogP contribution in [0.3, 0.4) is 0 Å². The summed E-state index contributed by atoms with van der Waals surface area (Å²) in [5.74, 6) is 2.30. The van der Waals surface area contributed by atoms with E-state index in [0.29, 0.717) is 12.0 Å². The molecule has 1 saturated carbocycles. The van der Waals surface area contributed by atoms with Crippen LogP contribution in [0.4, 0.5) is 0 Å². The number of unbranched alkanes of at least 4 members (excludes halogenated alkanes) is 2. The van der Waals surface area contributed by atoms with E-state index in [4.69, 9.17) is 0 Å². The van der Waals surface area contributed by atoms with Crippen LogP contribution in [0.1, 0.15) is 106 Å². The van der Waals surface area contributed by atoms with Crippen molar-refractivity contribution in [3.05, 3.63) is 30.5 Å². The van der Waals surface area contributed by atoms with Crippen molar-refractivity contribution in [3.63, 3.8) is 0 Å². The SMILES string of the molecule is C=C=C(C=C)C1CCC(C(C)N(CCCC)N2CN(CC(CC)CCCC)C2)CC1.C=NC.CC. The van der Waals surface area contributed by atoms with Crippen LogP contribution < -0.4 is 0 Å². The Morgan fingerprint density at radius 2 is 1.66 bits per heavy atom. The first-order chi connectivity index (χ1) is 17.0. The van der Waals surface area contributed by atoms with Crippen LogP contribution in [0.5, 0.6) is 0 Å². The van der Waals surface area contributed by atoms with E-state index in [-0.39, 0.29) is 0 Å². The van der Waals surface area contributed by atoms with E-state index in [2.05, 4.69) is 73.2 Å². The second-order valence-electron chi connectivity index (χ2n) is 10.1. The molecule has 2 unspecified atom stereocenters. The molecule has 0 bridgehead atoms. The van der Waals surface area contributed by atoms with Gasteiger partial charge in [-0.15, -0.1) is 5.73 Å². The van der Waals surface area contributed by atoms with Crippen molar-refractivity contribution in [2.45, 2.75) is 112 Å². The average molecular weight is 489 g/mol.